The second-order valence-corrected chi connectivity index (χ2v) is 7.35. The Hall–Kier alpha value is -3.20. The highest BCUT2D eigenvalue weighted by atomic mass is 19.1. The highest BCUT2D eigenvalue weighted by Gasteiger charge is 2.25. The molecule has 3 aromatic rings. The van der Waals surface area contributed by atoms with Crippen molar-refractivity contribution in [2.45, 2.75) is 33.2 Å². The number of hydrogen-bond acceptors (Lipinski definition) is 6. The van der Waals surface area contributed by atoms with Crippen LogP contribution in [0.4, 0.5) is 20.8 Å². The minimum absolute atomic E-state index is 0.0363. The molecule has 9 heteroatoms. The van der Waals surface area contributed by atoms with Gasteiger partial charge in [-0.3, -0.25) is 0 Å². The molecule has 2 aromatic heterocycles. The fourth-order valence-corrected chi connectivity index (χ4v) is 3.12. The van der Waals surface area contributed by atoms with Crippen LogP contribution in [0.1, 0.15) is 37.6 Å². The third kappa shape index (κ3) is 5.04. The second kappa shape index (κ2) is 9.53. The van der Waals surface area contributed by atoms with Crippen LogP contribution in [-0.2, 0) is 0 Å². The van der Waals surface area contributed by atoms with Crippen molar-refractivity contribution in [1.82, 2.24) is 15.3 Å². The van der Waals surface area contributed by atoms with E-state index in [1.54, 1.807) is 6.07 Å². The average molecular weight is 415 g/mol. The molecule has 2 amide bonds. The number of benzene rings is 1. The lowest BCUT2D eigenvalue weighted by Crippen LogP contribution is -2.35. The molecule has 4 N–H and O–H groups in total. The number of aliphatic hydroxyl groups is 1. The first-order valence-corrected chi connectivity index (χ1v) is 9.82. The zero-order valence-electron chi connectivity index (χ0n) is 17.2. The highest BCUT2D eigenvalue weighted by molar-refractivity contribution is 5.89. The van der Waals surface area contributed by atoms with Crippen LogP contribution in [0.5, 0.6) is 0 Å². The van der Waals surface area contributed by atoms with E-state index >= 15 is 0 Å². The number of anilines is 2. The molecule has 1 aromatic carbocycles. The molecule has 30 heavy (non-hydrogen) atoms. The van der Waals surface area contributed by atoms with Crippen LogP contribution >= 0.6 is 0 Å². The SMILES string of the molecule is Cc1c(C(NC(=O)Nc2cnc(NCCCO)nc2)C(C)C)oc2ccc(F)cc12. The first-order chi connectivity index (χ1) is 14.4. The summed E-state index contributed by atoms with van der Waals surface area (Å²) in [5.74, 6) is 0.716. The number of amides is 2. The van der Waals surface area contributed by atoms with E-state index in [9.17, 15) is 9.18 Å². The number of urea groups is 1. The largest absolute Gasteiger partial charge is 0.459 e. The smallest absolute Gasteiger partial charge is 0.319 e. The van der Waals surface area contributed by atoms with Crippen LogP contribution in [0, 0.1) is 18.7 Å². The normalized spacial score (nSPS) is 12.2. The van der Waals surface area contributed by atoms with Crippen LogP contribution in [0.15, 0.2) is 35.0 Å². The number of carbonyl (C=O) groups is 1. The minimum Gasteiger partial charge on any atom is -0.459 e. The van der Waals surface area contributed by atoms with Crippen molar-refractivity contribution in [2.24, 2.45) is 5.92 Å². The van der Waals surface area contributed by atoms with E-state index in [1.807, 2.05) is 20.8 Å². The summed E-state index contributed by atoms with van der Waals surface area (Å²) in [6.45, 7) is 6.43. The molecule has 3 rings (SSSR count). The van der Waals surface area contributed by atoms with Crippen LogP contribution in [0.2, 0.25) is 0 Å². The van der Waals surface area contributed by atoms with Gasteiger partial charge in [-0.25, -0.2) is 19.2 Å². The number of nitrogens with one attached hydrogen (secondary N) is 3. The summed E-state index contributed by atoms with van der Waals surface area (Å²) in [5, 5.41) is 18.1. The van der Waals surface area contributed by atoms with E-state index in [1.165, 1.54) is 24.5 Å². The van der Waals surface area contributed by atoms with Gasteiger partial charge in [0, 0.05) is 24.1 Å². The lowest BCUT2D eigenvalue weighted by molar-refractivity contribution is 0.241. The van der Waals surface area contributed by atoms with Gasteiger partial charge < -0.3 is 25.5 Å². The maximum absolute atomic E-state index is 13.6. The summed E-state index contributed by atoms with van der Waals surface area (Å²) in [5.41, 5.74) is 1.81. The van der Waals surface area contributed by atoms with Gasteiger partial charge in [0.05, 0.1) is 24.1 Å². The molecule has 2 heterocycles. The maximum Gasteiger partial charge on any atom is 0.319 e. The van der Waals surface area contributed by atoms with E-state index in [4.69, 9.17) is 9.52 Å². The number of halogens is 1. The van der Waals surface area contributed by atoms with Gasteiger partial charge in [-0.2, -0.15) is 0 Å². The molecule has 0 saturated carbocycles. The van der Waals surface area contributed by atoms with Gasteiger partial charge in [-0.15, -0.1) is 0 Å². The molecule has 0 aliphatic heterocycles. The summed E-state index contributed by atoms with van der Waals surface area (Å²) in [7, 11) is 0. The maximum atomic E-state index is 13.6. The van der Waals surface area contributed by atoms with Crippen molar-refractivity contribution >= 4 is 28.6 Å². The third-order valence-corrected chi connectivity index (χ3v) is 4.70. The number of rotatable bonds is 8. The van der Waals surface area contributed by atoms with Crippen LogP contribution in [0.25, 0.3) is 11.0 Å². The Morgan fingerprint density at radius 2 is 2.00 bits per heavy atom. The molecule has 8 nitrogen and oxygen atoms in total. The van der Waals surface area contributed by atoms with Gasteiger partial charge in [0.15, 0.2) is 0 Å². The quantitative estimate of drug-likeness (QED) is 0.414. The fourth-order valence-electron chi connectivity index (χ4n) is 3.12. The molecule has 0 aliphatic rings. The molecule has 1 unspecified atom stereocenters. The number of nitrogens with zero attached hydrogens (tertiary/aromatic N) is 2. The predicted octanol–water partition coefficient (Wildman–Crippen LogP) is 3.98. The zero-order valence-corrected chi connectivity index (χ0v) is 17.2. The summed E-state index contributed by atoms with van der Waals surface area (Å²) in [4.78, 5) is 20.8. The molecule has 1 atom stereocenters. The predicted molar refractivity (Wildman–Crippen MR) is 113 cm³/mol. The van der Waals surface area contributed by atoms with Gasteiger partial charge in [0.25, 0.3) is 0 Å². The molecule has 0 bridgehead atoms. The Morgan fingerprint density at radius 1 is 1.27 bits per heavy atom. The number of furan rings is 1. The Kier molecular flexibility index (Phi) is 6.83. The molecule has 0 aliphatic carbocycles. The van der Waals surface area contributed by atoms with Gasteiger partial charge in [-0.05, 0) is 37.5 Å². The van der Waals surface area contributed by atoms with Crippen molar-refractivity contribution in [2.75, 3.05) is 23.8 Å². The molecule has 0 saturated heterocycles. The van der Waals surface area contributed by atoms with Crippen LogP contribution in [0.3, 0.4) is 0 Å². The Balaban J connectivity index is 1.70. The van der Waals surface area contributed by atoms with E-state index in [0.29, 0.717) is 41.3 Å². The Bertz CT molecular complexity index is 1000. The highest BCUT2D eigenvalue weighted by Crippen LogP contribution is 2.33. The van der Waals surface area contributed by atoms with Crippen molar-refractivity contribution in [3.8, 4) is 0 Å². The van der Waals surface area contributed by atoms with E-state index in [0.717, 1.165) is 5.56 Å². The first kappa shape index (κ1) is 21.5. The number of hydrogen-bond donors (Lipinski definition) is 4. The fraction of sp³-hybridized carbons (Fsp3) is 0.381. The number of aromatic nitrogens is 2. The van der Waals surface area contributed by atoms with E-state index < -0.39 is 12.1 Å². The number of aliphatic hydroxyl groups excluding tert-OH is 1. The molecule has 0 spiro atoms. The summed E-state index contributed by atoms with van der Waals surface area (Å²) >= 11 is 0. The van der Waals surface area contributed by atoms with Crippen molar-refractivity contribution in [3.63, 3.8) is 0 Å². The Labute approximate surface area is 173 Å². The third-order valence-electron chi connectivity index (χ3n) is 4.70. The number of fused-ring (bicyclic) bond motifs is 1. The average Bonchev–Trinajstić information content (AvgIpc) is 3.03. The summed E-state index contributed by atoms with van der Waals surface area (Å²) in [6, 6.07) is 3.54. The summed E-state index contributed by atoms with van der Waals surface area (Å²) < 4.78 is 19.5. The molecular formula is C21H26FN5O3. The molecular weight excluding hydrogens is 389 g/mol. The lowest BCUT2D eigenvalue weighted by Gasteiger charge is -2.21. The van der Waals surface area contributed by atoms with Crippen molar-refractivity contribution in [3.05, 3.63) is 47.7 Å². The summed E-state index contributed by atoms with van der Waals surface area (Å²) in [6.07, 6.45) is 3.58. The van der Waals surface area contributed by atoms with Gasteiger partial charge in [0.1, 0.15) is 17.2 Å². The molecule has 0 radical (unpaired) electrons. The second-order valence-electron chi connectivity index (χ2n) is 7.35. The number of aryl methyl sites for hydroxylation is 1. The minimum atomic E-state index is -0.427. The van der Waals surface area contributed by atoms with Gasteiger partial charge in [-0.1, -0.05) is 13.8 Å². The topological polar surface area (TPSA) is 112 Å². The standard InChI is InChI=1S/C21H26FN5O3/c1-12(2)18(19-13(3)16-9-14(22)5-6-17(16)30-19)27-21(29)26-15-10-24-20(25-11-15)23-7-4-8-28/h5-6,9-12,18,28H,4,7-8H2,1-3H3,(H,23,24,25)(H2,26,27,29). The van der Waals surface area contributed by atoms with Gasteiger partial charge >= 0.3 is 6.03 Å². The molecule has 160 valence electrons. The van der Waals surface area contributed by atoms with Crippen molar-refractivity contribution < 1.29 is 18.7 Å². The van der Waals surface area contributed by atoms with Crippen LogP contribution in [-0.4, -0.2) is 34.3 Å². The van der Waals surface area contributed by atoms with Crippen molar-refractivity contribution in [1.29, 1.82) is 0 Å². The lowest BCUT2D eigenvalue weighted by atomic mass is 9.98. The van der Waals surface area contributed by atoms with Crippen LogP contribution < -0.4 is 16.0 Å². The Morgan fingerprint density at radius 3 is 2.67 bits per heavy atom. The first-order valence-electron chi connectivity index (χ1n) is 9.82. The van der Waals surface area contributed by atoms with Gasteiger partial charge in [0.2, 0.25) is 5.95 Å². The van der Waals surface area contributed by atoms with E-state index in [-0.39, 0.29) is 18.3 Å². The molecule has 0 fully saturated rings. The van der Waals surface area contributed by atoms with E-state index in [2.05, 4.69) is 25.9 Å². The monoisotopic (exact) mass is 415 g/mol. The number of carbonyl (C=O) groups excluding carboxylic acids is 1. The zero-order chi connectivity index (χ0) is 21.7.